The Bertz CT molecular complexity index is 765. The quantitative estimate of drug-likeness (QED) is 0.573. The molecule has 0 aliphatic heterocycles. The van der Waals surface area contributed by atoms with Crippen LogP contribution in [0.1, 0.15) is 40.9 Å². The van der Waals surface area contributed by atoms with Crippen LogP contribution in [-0.4, -0.2) is 30.1 Å². The molecule has 0 radical (unpaired) electrons. The molecule has 0 aromatic heterocycles. The van der Waals surface area contributed by atoms with Crippen molar-refractivity contribution in [1.29, 1.82) is 0 Å². The first-order chi connectivity index (χ1) is 13.0. The van der Waals surface area contributed by atoms with Crippen molar-refractivity contribution in [3.8, 4) is 0 Å². The van der Waals surface area contributed by atoms with Crippen LogP contribution in [0.15, 0.2) is 48.5 Å². The third-order valence-electron chi connectivity index (χ3n) is 3.89. The standard InChI is InChI=1S/C20H24FN3O3/c1-2-10-22-19(26)16-5-3-4-14(11-16)12-23-20(27)24-13-18(25)15-6-8-17(21)9-7-15/h3-9,11,18,25H,2,10,12-13H2,1H3,(H,22,26)(H2,23,24,27). The largest absolute Gasteiger partial charge is 0.387 e. The summed E-state index contributed by atoms with van der Waals surface area (Å²) in [6.07, 6.45) is -0.0707. The molecule has 0 aliphatic rings. The number of aliphatic hydroxyl groups is 1. The second-order valence-corrected chi connectivity index (χ2v) is 6.09. The molecule has 0 aliphatic carbocycles. The average molecular weight is 373 g/mol. The lowest BCUT2D eigenvalue weighted by molar-refractivity contribution is 0.0953. The van der Waals surface area contributed by atoms with Crippen molar-refractivity contribution < 1.29 is 19.1 Å². The highest BCUT2D eigenvalue weighted by atomic mass is 19.1. The number of carbonyl (C=O) groups is 2. The predicted octanol–water partition coefficient (Wildman–Crippen LogP) is 2.50. The lowest BCUT2D eigenvalue weighted by atomic mass is 10.1. The Balaban J connectivity index is 1.79. The summed E-state index contributed by atoms with van der Waals surface area (Å²) in [5.41, 5.74) is 1.84. The first kappa shape index (κ1) is 20.4. The van der Waals surface area contributed by atoms with Gasteiger partial charge in [-0.15, -0.1) is 0 Å². The molecule has 0 bridgehead atoms. The molecule has 3 amide bonds. The summed E-state index contributed by atoms with van der Waals surface area (Å²) in [4.78, 5) is 23.9. The topological polar surface area (TPSA) is 90.5 Å². The van der Waals surface area contributed by atoms with Gasteiger partial charge in [0.05, 0.1) is 6.10 Å². The zero-order valence-corrected chi connectivity index (χ0v) is 15.2. The van der Waals surface area contributed by atoms with Gasteiger partial charge in [-0.25, -0.2) is 9.18 Å². The minimum atomic E-state index is -0.929. The van der Waals surface area contributed by atoms with Crippen LogP contribution in [0.3, 0.4) is 0 Å². The lowest BCUT2D eigenvalue weighted by Gasteiger charge is -2.13. The summed E-state index contributed by atoms with van der Waals surface area (Å²) in [6.45, 7) is 2.83. The molecule has 0 fully saturated rings. The molecule has 6 nitrogen and oxygen atoms in total. The Hall–Kier alpha value is -2.93. The zero-order valence-electron chi connectivity index (χ0n) is 15.2. The van der Waals surface area contributed by atoms with Crippen LogP contribution in [0, 0.1) is 5.82 Å². The van der Waals surface area contributed by atoms with Gasteiger partial charge < -0.3 is 21.1 Å². The van der Waals surface area contributed by atoms with Crippen molar-refractivity contribution in [2.45, 2.75) is 26.0 Å². The normalized spacial score (nSPS) is 11.5. The molecule has 7 heteroatoms. The van der Waals surface area contributed by atoms with Gasteiger partial charge in [0.25, 0.3) is 5.91 Å². The highest BCUT2D eigenvalue weighted by Crippen LogP contribution is 2.12. The van der Waals surface area contributed by atoms with Gasteiger partial charge in [-0.1, -0.05) is 31.2 Å². The SMILES string of the molecule is CCCNC(=O)c1cccc(CNC(=O)NCC(O)c2ccc(F)cc2)c1. The van der Waals surface area contributed by atoms with Gasteiger partial charge in [-0.3, -0.25) is 4.79 Å². The number of urea groups is 1. The number of carbonyl (C=O) groups excluding carboxylic acids is 2. The monoisotopic (exact) mass is 373 g/mol. The van der Waals surface area contributed by atoms with Crippen LogP contribution < -0.4 is 16.0 Å². The number of rotatable bonds is 8. The van der Waals surface area contributed by atoms with Gasteiger partial charge in [0.2, 0.25) is 0 Å². The van der Waals surface area contributed by atoms with E-state index < -0.39 is 12.1 Å². The van der Waals surface area contributed by atoms with Crippen molar-refractivity contribution in [2.24, 2.45) is 0 Å². The van der Waals surface area contributed by atoms with E-state index in [1.165, 1.54) is 24.3 Å². The van der Waals surface area contributed by atoms with Gasteiger partial charge in [0, 0.05) is 25.2 Å². The molecule has 0 saturated carbocycles. The van der Waals surface area contributed by atoms with Gasteiger partial charge >= 0.3 is 6.03 Å². The Morgan fingerprint density at radius 2 is 1.81 bits per heavy atom. The zero-order chi connectivity index (χ0) is 19.6. The van der Waals surface area contributed by atoms with E-state index in [2.05, 4.69) is 16.0 Å². The Kier molecular flexibility index (Phi) is 7.76. The van der Waals surface area contributed by atoms with Crippen LogP contribution in [0.2, 0.25) is 0 Å². The minimum Gasteiger partial charge on any atom is -0.387 e. The number of benzene rings is 2. The van der Waals surface area contributed by atoms with E-state index in [1.807, 2.05) is 13.0 Å². The van der Waals surface area contributed by atoms with E-state index in [0.29, 0.717) is 17.7 Å². The first-order valence-electron chi connectivity index (χ1n) is 8.82. The Morgan fingerprint density at radius 3 is 2.52 bits per heavy atom. The molecule has 2 aromatic rings. The molecule has 4 N–H and O–H groups in total. The van der Waals surface area contributed by atoms with Gasteiger partial charge in [0.1, 0.15) is 5.82 Å². The molecule has 0 spiro atoms. The summed E-state index contributed by atoms with van der Waals surface area (Å²) in [6, 6.07) is 12.0. The van der Waals surface area contributed by atoms with E-state index >= 15 is 0 Å². The number of hydrogen-bond donors (Lipinski definition) is 4. The van der Waals surface area contributed by atoms with Crippen LogP contribution in [-0.2, 0) is 6.54 Å². The molecule has 144 valence electrons. The summed E-state index contributed by atoms with van der Waals surface area (Å²) in [5.74, 6) is -0.534. The van der Waals surface area contributed by atoms with Crippen molar-refractivity contribution in [2.75, 3.05) is 13.1 Å². The second-order valence-electron chi connectivity index (χ2n) is 6.09. The van der Waals surface area contributed by atoms with Crippen LogP contribution in [0.4, 0.5) is 9.18 Å². The van der Waals surface area contributed by atoms with Crippen molar-refractivity contribution in [3.63, 3.8) is 0 Å². The van der Waals surface area contributed by atoms with Crippen molar-refractivity contribution in [1.82, 2.24) is 16.0 Å². The molecule has 1 unspecified atom stereocenters. The number of amides is 3. The fourth-order valence-corrected chi connectivity index (χ4v) is 2.40. The van der Waals surface area contributed by atoms with Crippen LogP contribution in [0.5, 0.6) is 0 Å². The van der Waals surface area contributed by atoms with Crippen molar-refractivity contribution >= 4 is 11.9 Å². The molecule has 2 aromatic carbocycles. The van der Waals surface area contributed by atoms with Gasteiger partial charge in [-0.05, 0) is 41.8 Å². The van der Waals surface area contributed by atoms with E-state index in [0.717, 1.165) is 12.0 Å². The molecule has 0 saturated heterocycles. The van der Waals surface area contributed by atoms with Gasteiger partial charge in [0.15, 0.2) is 0 Å². The molecule has 1 atom stereocenters. The van der Waals surface area contributed by atoms with E-state index in [1.54, 1.807) is 18.2 Å². The predicted molar refractivity (Wildman–Crippen MR) is 101 cm³/mol. The van der Waals surface area contributed by atoms with E-state index in [4.69, 9.17) is 0 Å². The number of nitrogens with one attached hydrogen (secondary N) is 3. The summed E-state index contributed by atoms with van der Waals surface area (Å²) < 4.78 is 12.9. The van der Waals surface area contributed by atoms with E-state index in [-0.39, 0.29) is 24.8 Å². The van der Waals surface area contributed by atoms with Crippen LogP contribution in [0.25, 0.3) is 0 Å². The third kappa shape index (κ3) is 6.71. The lowest BCUT2D eigenvalue weighted by Crippen LogP contribution is -2.37. The Morgan fingerprint density at radius 1 is 1.07 bits per heavy atom. The first-order valence-corrected chi connectivity index (χ1v) is 8.82. The molecule has 27 heavy (non-hydrogen) atoms. The highest BCUT2D eigenvalue weighted by Gasteiger charge is 2.10. The maximum Gasteiger partial charge on any atom is 0.315 e. The average Bonchev–Trinajstić information content (AvgIpc) is 2.69. The smallest absolute Gasteiger partial charge is 0.315 e. The Labute approximate surface area is 157 Å². The number of aliphatic hydroxyl groups excluding tert-OH is 1. The molecular formula is C20H24FN3O3. The van der Waals surface area contributed by atoms with Crippen molar-refractivity contribution in [3.05, 3.63) is 71.0 Å². The molecule has 2 rings (SSSR count). The maximum absolute atomic E-state index is 12.9. The molecule has 0 heterocycles. The highest BCUT2D eigenvalue weighted by molar-refractivity contribution is 5.94. The molecular weight excluding hydrogens is 349 g/mol. The third-order valence-corrected chi connectivity index (χ3v) is 3.89. The fraction of sp³-hybridized carbons (Fsp3) is 0.300. The van der Waals surface area contributed by atoms with Crippen LogP contribution >= 0.6 is 0 Å². The fourth-order valence-electron chi connectivity index (χ4n) is 2.40. The van der Waals surface area contributed by atoms with E-state index in [9.17, 15) is 19.1 Å². The summed E-state index contributed by atoms with van der Waals surface area (Å²) in [5, 5.41) is 18.0. The second kappa shape index (κ2) is 10.3. The van der Waals surface area contributed by atoms with Gasteiger partial charge in [-0.2, -0.15) is 0 Å². The number of hydrogen-bond acceptors (Lipinski definition) is 3. The summed E-state index contributed by atoms with van der Waals surface area (Å²) >= 11 is 0. The summed E-state index contributed by atoms with van der Waals surface area (Å²) in [7, 11) is 0. The maximum atomic E-state index is 12.9. The number of halogens is 1. The minimum absolute atomic E-state index is 0.00305.